The highest BCUT2D eigenvalue weighted by molar-refractivity contribution is 9.10. The summed E-state index contributed by atoms with van der Waals surface area (Å²) in [6.07, 6.45) is 1.22. The largest absolute Gasteiger partial charge is 0.357 e. The molecule has 3 aromatic carbocycles. The summed E-state index contributed by atoms with van der Waals surface area (Å²) in [5.41, 5.74) is 1.70. The molecule has 0 aromatic heterocycles. The second-order valence-corrected chi connectivity index (χ2v) is 12.0. The Morgan fingerprint density at radius 3 is 2.22 bits per heavy atom. The van der Waals surface area contributed by atoms with Gasteiger partial charge in [-0.3, -0.25) is 13.9 Å². The first-order valence-electron chi connectivity index (χ1n) is 11.2. The van der Waals surface area contributed by atoms with Crippen LogP contribution in [-0.2, 0) is 32.6 Å². The predicted octanol–water partition coefficient (Wildman–Crippen LogP) is 4.91. The zero-order valence-corrected chi connectivity index (χ0v) is 24.1. The van der Waals surface area contributed by atoms with Crippen molar-refractivity contribution in [3.05, 3.63) is 98.4 Å². The van der Waals surface area contributed by atoms with Crippen LogP contribution < -0.4 is 9.62 Å². The van der Waals surface area contributed by atoms with E-state index in [1.165, 1.54) is 30.1 Å². The Bertz CT molecular complexity index is 1360. The molecule has 3 rings (SSSR count). The Morgan fingerprint density at radius 1 is 0.973 bits per heavy atom. The third kappa shape index (κ3) is 7.95. The maximum atomic E-state index is 13.8. The molecule has 0 saturated carbocycles. The standard InChI is InChI=1S/C26H26BrCl2N3O4S/c1-30-26(34)24(14-18-6-4-3-5-7-18)31(16-19-8-10-20(27)11-9-19)25(33)17-32(37(2,35)36)23-15-21(28)12-13-22(23)29/h3-13,15,24H,14,16-17H2,1-2H3,(H,30,34). The van der Waals surface area contributed by atoms with Crippen LogP contribution in [0, 0.1) is 0 Å². The van der Waals surface area contributed by atoms with E-state index < -0.39 is 28.5 Å². The van der Waals surface area contributed by atoms with Crippen LogP contribution in [-0.4, -0.2) is 51.0 Å². The second-order valence-electron chi connectivity index (χ2n) is 8.33. The minimum atomic E-state index is -3.94. The lowest BCUT2D eigenvalue weighted by molar-refractivity contribution is -0.139. The average Bonchev–Trinajstić information content (AvgIpc) is 2.86. The molecule has 0 saturated heterocycles. The van der Waals surface area contributed by atoms with E-state index in [4.69, 9.17) is 23.2 Å². The summed E-state index contributed by atoms with van der Waals surface area (Å²) in [6.45, 7) is -0.490. The van der Waals surface area contributed by atoms with E-state index in [0.29, 0.717) is 0 Å². The van der Waals surface area contributed by atoms with Crippen LogP contribution in [0.2, 0.25) is 10.0 Å². The molecule has 1 atom stereocenters. The van der Waals surface area contributed by atoms with Crippen molar-refractivity contribution in [2.24, 2.45) is 0 Å². The molecule has 0 heterocycles. The zero-order valence-electron chi connectivity index (χ0n) is 20.2. The lowest BCUT2D eigenvalue weighted by Crippen LogP contribution is -2.52. The first-order chi connectivity index (χ1) is 17.5. The van der Waals surface area contributed by atoms with Gasteiger partial charge < -0.3 is 10.2 Å². The number of anilines is 1. The first kappa shape index (κ1) is 29.0. The second kappa shape index (κ2) is 12.8. The molecule has 0 spiro atoms. The van der Waals surface area contributed by atoms with Crippen molar-refractivity contribution in [1.29, 1.82) is 0 Å². The molecular formula is C26H26BrCl2N3O4S. The molecule has 3 aromatic rings. The normalized spacial score (nSPS) is 12.0. The summed E-state index contributed by atoms with van der Waals surface area (Å²) in [6, 6.07) is 20.1. The van der Waals surface area contributed by atoms with Crippen molar-refractivity contribution in [3.63, 3.8) is 0 Å². The number of carbonyl (C=O) groups excluding carboxylic acids is 2. The van der Waals surface area contributed by atoms with Crippen molar-refractivity contribution in [3.8, 4) is 0 Å². The summed E-state index contributed by atoms with van der Waals surface area (Å²) in [7, 11) is -2.44. The molecule has 7 nitrogen and oxygen atoms in total. The smallest absolute Gasteiger partial charge is 0.244 e. The van der Waals surface area contributed by atoms with Gasteiger partial charge in [0.15, 0.2) is 0 Å². The molecule has 0 aliphatic carbocycles. The van der Waals surface area contributed by atoms with Gasteiger partial charge in [-0.05, 0) is 41.5 Å². The van der Waals surface area contributed by atoms with Crippen molar-refractivity contribution >= 4 is 66.7 Å². The van der Waals surface area contributed by atoms with Gasteiger partial charge >= 0.3 is 0 Å². The Labute approximate surface area is 235 Å². The molecule has 1 N–H and O–H groups in total. The number of benzene rings is 3. The predicted molar refractivity (Wildman–Crippen MR) is 151 cm³/mol. The van der Waals surface area contributed by atoms with Gasteiger partial charge in [0, 0.05) is 29.5 Å². The van der Waals surface area contributed by atoms with Crippen LogP contribution >= 0.6 is 39.1 Å². The van der Waals surface area contributed by atoms with Crippen LogP contribution in [0.25, 0.3) is 0 Å². The fraction of sp³-hybridized carbons (Fsp3) is 0.231. The number of likely N-dealkylation sites (N-methyl/N-ethyl adjacent to an activating group) is 1. The molecule has 11 heteroatoms. The molecule has 196 valence electrons. The highest BCUT2D eigenvalue weighted by atomic mass is 79.9. The van der Waals surface area contributed by atoms with E-state index in [9.17, 15) is 18.0 Å². The van der Waals surface area contributed by atoms with Crippen molar-refractivity contribution in [1.82, 2.24) is 10.2 Å². The topological polar surface area (TPSA) is 86.8 Å². The van der Waals surface area contributed by atoms with Crippen molar-refractivity contribution < 1.29 is 18.0 Å². The van der Waals surface area contributed by atoms with Gasteiger partial charge in [-0.25, -0.2) is 8.42 Å². The summed E-state index contributed by atoms with van der Waals surface area (Å²) in [4.78, 5) is 28.3. The quantitative estimate of drug-likeness (QED) is 0.347. The van der Waals surface area contributed by atoms with Crippen molar-refractivity contribution in [2.75, 3.05) is 24.2 Å². The van der Waals surface area contributed by atoms with Crippen LogP contribution in [0.3, 0.4) is 0 Å². The highest BCUT2D eigenvalue weighted by Crippen LogP contribution is 2.31. The van der Waals surface area contributed by atoms with Crippen LogP contribution in [0.1, 0.15) is 11.1 Å². The monoisotopic (exact) mass is 625 g/mol. The Hall–Kier alpha value is -2.59. The third-order valence-corrected chi connectivity index (χ3v) is 7.85. The van der Waals surface area contributed by atoms with Gasteiger partial charge in [0.1, 0.15) is 12.6 Å². The Balaban J connectivity index is 2.04. The number of hydrogen-bond donors (Lipinski definition) is 1. The Morgan fingerprint density at radius 2 is 1.62 bits per heavy atom. The van der Waals surface area contributed by atoms with Gasteiger partial charge in [0.25, 0.3) is 0 Å². The summed E-state index contributed by atoms with van der Waals surface area (Å²) >= 11 is 15.8. The van der Waals surface area contributed by atoms with Gasteiger partial charge in [0.2, 0.25) is 21.8 Å². The first-order valence-corrected chi connectivity index (χ1v) is 14.6. The molecule has 1 unspecified atom stereocenters. The van der Waals surface area contributed by atoms with E-state index in [2.05, 4.69) is 21.2 Å². The number of hydrogen-bond acceptors (Lipinski definition) is 4. The van der Waals surface area contributed by atoms with E-state index in [-0.39, 0.29) is 34.6 Å². The number of nitrogens with one attached hydrogen (secondary N) is 1. The average molecular weight is 627 g/mol. The number of carbonyl (C=O) groups is 2. The molecule has 2 amide bonds. The number of amides is 2. The molecule has 0 fully saturated rings. The number of halogens is 3. The van der Waals surface area contributed by atoms with Crippen LogP contribution in [0.4, 0.5) is 5.69 Å². The van der Waals surface area contributed by atoms with E-state index in [1.807, 2.05) is 54.6 Å². The van der Waals surface area contributed by atoms with Gasteiger partial charge in [-0.1, -0.05) is 81.6 Å². The molecular weight excluding hydrogens is 601 g/mol. The van der Waals surface area contributed by atoms with Crippen LogP contribution in [0.5, 0.6) is 0 Å². The summed E-state index contributed by atoms with van der Waals surface area (Å²) < 4.78 is 27.3. The highest BCUT2D eigenvalue weighted by Gasteiger charge is 2.33. The van der Waals surface area contributed by atoms with E-state index in [1.54, 1.807) is 0 Å². The zero-order chi connectivity index (χ0) is 27.2. The minimum Gasteiger partial charge on any atom is -0.357 e. The minimum absolute atomic E-state index is 0.0770. The fourth-order valence-corrected chi connectivity index (χ4v) is 5.33. The lowest BCUT2D eigenvalue weighted by Gasteiger charge is -2.33. The van der Waals surface area contributed by atoms with Gasteiger partial charge in [-0.15, -0.1) is 0 Å². The van der Waals surface area contributed by atoms with E-state index in [0.717, 1.165) is 26.2 Å². The maximum absolute atomic E-state index is 13.8. The molecule has 0 radical (unpaired) electrons. The molecule has 0 bridgehead atoms. The summed E-state index contributed by atoms with van der Waals surface area (Å²) in [5, 5.41) is 3.02. The lowest BCUT2D eigenvalue weighted by atomic mass is 10.0. The summed E-state index contributed by atoms with van der Waals surface area (Å²) in [5.74, 6) is -0.949. The third-order valence-electron chi connectivity index (χ3n) is 5.64. The molecule has 0 aliphatic heterocycles. The van der Waals surface area contributed by atoms with Gasteiger partial charge in [0.05, 0.1) is 17.0 Å². The molecule has 0 aliphatic rings. The fourth-order valence-electron chi connectivity index (χ4n) is 3.78. The number of nitrogens with zero attached hydrogens (tertiary/aromatic N) is 2. The number of rotatable bonds is 10. The van der Waals surface area contributed by atoms with Crippen LogP contribution in [0.15, 0.2) is 77.3 Å². The molecule has 37 heavy (non-hydrogen) atoms. The Kier molecular flexibility index (Phi) is 10.0. The van der Waals surface area contributed by atoms with E-state index >= 15 is 0 Å². The van der Waals surface area contributed by atoms with Crippen molar-refractivity contribution in [2.45, 2.75) is 19.0 Å². The SMILES string of the molecule is CNC(=O)C(Cc1ccccc1)N(Cc1ccc(Br)cc1)C(=O)CN(c1cc(Cl)ccc1Cl)S(C)(=O)=O. The maximum Gasteiger partial charge on any atom is 0.244 e. The number of sulfonamides is 1. The van der Waals surface area contributed by atoms with Gasteiger partial charge in [-0.2, -0.15) is 0 Å².